The van der Waals surface area contributed by atoms with Crippen molar-refractivity contribution in [3.63, 3.8) is 0 Å². The van der Waals surface area contributed by atoms with E-state index in [-0.39, 0.29) is 10.8 Å². The first kappa shape index (κ1) is 17.8. The fraction of sp³-hybridized carbons (Fsp3) is 0.200. The second kappa shape index (κ2) is 7.37. The summed E-state index contributed by atoms with van der Waals surface area (Å²) < 4.78 is 4.74. The lowest BCUT2D eigenvalue weighted by Crippen LogP contribution is -2.20. The molecule has 0 atom stereocenters. The van der Waals surface area contributed by atoms with Gasteiger partial charge in [-0.15, -0.1) is 11.3 Å². The number of thiophene rings is 1. The van der Waals surface area contributed by atoms with Crippen LogP contribution in [0.15, 0.2) is 24.3 Å². The average Bonchev–Trinajstić information content (AvgIpc) is 2.88. The molecule has 2 N–H and O–H groups in total. The molecular formula is C15H15N3O4S2. The number of ether oxygens (including phenoxy) is 1. The van der Waals surface area contributed by atoms with E-state index >= 15 is 0 Å². The molecule has 24 heavy (non-hydrogen) atoms. The van der Waals surface area contributed by atoms with E-state index in [4.69, 9.17) is 17.0 Å². The summed E-state index contributed by atoms with van der Waals surface area (Å²) in [5.74, 6) is -0.462. The third-order valence-corrected chi connectivity index (χ3v) is 4.34. The average molecular weight is 365 g/mol. The normalized spacial score (nSPS) is 10.1. The molecule has 0 aliphatic rings. The summed E-state index contributed by atoms with van der Waals surface area (Å²) in [6.07, 6.45) is 0. The van der Waals surface area contributed by atoms with E-state index in [2.05, 4.69) is 10.6 Å². The van der Waals surface area contributed by atoms with Crippen LogP contribution in [-0.2, 0) is 4.74 Å². The SMILES string of the molecule is COC(=O)c1cc(C)sc1NC(=S)Nc1cc([N+](=O)[O-])ccc1C. The number of methoxy groups -OCH3 is 1. The molecule has 1 heterocycles. The van der Waals surface area contributed by atoms with Crippen molar-refractivity contribution in [3.05, 3.63) is 50.4 Å². The van der Waals surface area contributed by atoms with Crippen LogP contribution in [-0.4, -0.2) is 23.1 Å². The Kier molecular flexibility index (Phi) is 5.47. The van der Waals surface area contributed by atoms with E-state index in [1.165, 1.54) is 30.6 Å². The van der Waals surface area contributed by atoms with Crippen molar-refractivity contribution in [2.24, 2.45) is 0 Å². The molecule has 0 spiro atoms. The highest BCUT2D eigenvalue weighted by Crippen LogP contribution is 2.29. The Balaban J connectivity index is 2.19. The van der Waals surface area contributed by atoms with E-state index in [9.17, 15) is 14.9 Å². The summed E-state index contributed by atoms with van der Waals surface area (Å²) in [5, 5.41) is 17.5. The minimum absolute atomic E-state index is 0.0342. The highest BCUT2D eigenvalue weighted by Gasteiger charge is 2.17. The van der Waals surface area contributed by atoms with E-state index < -0.39 is 10.9 Å². The second-order valence-electron chi connectivity index (χ2n) is 4.93. The molecule has 0 bridgehead atoms. The van der Waals surface area contributed by atoms with Crippen molar-refractivity contribution in [3.8, 4) is 0 Å². The molecule has 2 aromatic rings. The van der Waals surface area contributed by atoms with Crippen molar-refractivity contribution in [2.75, 3.05) is 17.7 Å². The number of rotatable bonds is 4. The predicted octanol–water partition coefficient (Wildman–Crippen LogP) is 3.87. The van der Waals surface area contributed by atoms with E-state index in [1.807, 2.05) is 13.8 Å². The number of aryl methyl sites for hydroxylation is 2. The molecule has 7 nitrogen and oxygen atoms in total. The van der Waals surface area contributed by atoms with Crippen molar-refractivity contribution >= 4 is 51.0 Å². The highest BCUT2D eigenvalue weighted by molar-refractivity contribution is 7.80. The van der Waals surface area contributed by atoms with Crippen LogP contribution >= 0.6 is 23.6 Å². The van der Waals surface area contributed by atoms with Crippen molar-refractivity contribution in [1.29, 1.82) is 0 Å². The molecule has 9 heteroatoms. The topological polar surface area (TPSA) is 93.5 Å². The number of nitrogens with zero attached hydrogens (tertiary/aromatic N) is 1. The van der Waals surface area contributed by atoms with Crippen LogP contribution in [0.25, 0.3) is 0 Å². The van der Waals surface area contributed by atoms with Gasteiger partial charge in [0.2, 0.25) is 0 Å². The first-order valence-corrected chi connectivity index (χ1v) is 8.06. The van der Waals surface area contributed by atoms with Gasteiger partial charge >= 0.3 is 5.97 Å². The highest BCUT2D eigenvalue weighted by atomic mass is 32.1. The van der Waals surface area contributed by atoms with Crippen molar-refractivity contribution in [1.82, 2.24) is 0 Å². The summed E-state index contributed by atoms with van der Waals surface area (Å²) in [6.45, 7) is 3.67. The van der Waals surface area contributed by atoms with Crippen LogP contribution in [0.3, 0.4) is 0 Å². The molecule has 0 amide bonds. The maximum absolute atomic E-state index is 11.8. The van der Waals surface area contributed by atoms with E-state index in [0.717, 1.165) is 10.4 Å². The number of hydrogen-bond acceptors (Lipinski definition) is 6. The molecule has 0 fully saturated rings. The number of hydrogen-bond donors (Lipinski definition) is 2. The van der Waals surface area contributed by atoms with Gasteiger partial charge in [-0.05, 0) is 37.7 Å². The number of carbonyl (C=O) groups excluding carboxylic acids is 1. The summed E-state index contributed by atoms with van der Waals surface area (Å²) in [4.78, 5) is 23.1. The molecule has 126 valence electrons. The Morgan fingerprint density at radius 3 is 2.62 bits per heavy atom. The number of thiocarbonyl (C=S) groups is 1. The maximum Gasteiger partial charge on any atom is 0.340 e. The number of nitrogens with one attached hydrogen (secondary N) is 2. The quantitative estimate of drug-likeness (QED) is 0.368. The van der Waals surface area contributed by atoms with E-state index in [0.29, 0.717) is 16.3 Å². The molecule has 2 rings (SSSR count). The van der Waals surface area contributed by atoms with Crippen molar-refractivity contribution < 1.29 is 14.5 Å². The lowest BCUT2D eigenvalue weighted by atomic mass is 10.2. The Labute approximate surface area is 147 Å². The summed E-state index contributed by atoms with van der Waals surface area (Å²) >= 11 is 6.60. The fourth-order valence-corrected chi connectivity index (χ4v) is 3.16. The predicted molar refractivity (Wildman–Crippen MR) is 98.1 cm³/mol. The molecule has 1 aromatic carbocycles. The third-order valence-electron chi connectivity index (χ3n) is 3.17. The molecule has 1 aromatic heterocycles. The fourth-order valence-electron chi connectivity index (χ4n) is 1.98. The van der Waals surface area contributed by atoms with Gasteiger partial charge in [-0.1, -0.05) is 6.07 Å². The number of carbonyl (C=O) groups is 1. The second-order valence-corrected chi connectivity index (χ2v) is 6.59. The van der Waals surface area contributed by atoms with Gasteiger partial charge in [-0.2, -0.15) is 0 Å². The zero-order valence-electron chi connectivity index (χ0n) is 13.2. The number of nitro groups is 1. The third kappa shape index (κ3) is 4.06. The molecule has 0 aliphatic carbocycles. The summed E-state index contributed by atoms with van der Waals surface area (Å²) in [6, 6.07) is 6.18. The van der Waals surface area contributed by atoms with Crippen LogP contribution in [0.4, 0.5) is 16.4 Å². The molecule has 0 radical (unpaired) electrons. The number of non-ortho nitro benzene ring substituents is 1. The zero-order valence-corrected chi connectivity index (χ0v) is 14.8. The van der Waals surface area contributed by atoms with Gasteiger partial charge in [0, 0.05) is 22.7 Å². The molecule has 0 saturated carbocycles. The van der Waals surface area contributed by atoms with Crippen LogP contribution in [0, 0.1) is 24.0 Å². The van der Waals surface area contributed by atoms with Gasteiger partial charge in [0.05, 0.1) is 17.6 Å². The lowest BCUT2D eigenvalue weighted by molar-refractivity contribution is -0.384. The van der Waals surface area contributed by atoms with E-state index in [1.54, 1.807) is 12.1 Å². The zero-order chi connectivity index (χ0) is 17.9. The first-order valence-electron chi connectivity index (χ1n) is 6.83. The monoisotopic (exact) mass is 365 g/mol. The minimum Gasteiger partial charge on any atom is -0.465 e. The molecule has 0 saturated heterocycles. The standard InChI is InChI=1S/C15H15N3O4S2/c1-8-4-5-10(18(20)21)7-12(8)16-15(23)17-13-11(14(19)22-3)6-9(2)24-13/h4-7H,1-3H3,(H2,16,17,23). The number of benzene rings is 1. The van der Waals surface area contributed by atoms with Crippen LogP contribution < -0.4 is 10.6 Å². The molecule has 0 aliphatic heterocycles. The maximum atomic E-state index is 11.8. The first-order chi connectivity index (χ1) is 11.3. The smallest absolute Gasteiger partial charge is 0.340 e. The molecular weight excluding hydrogens is 350 g/mol. The summed E-state index contributed by atoms with van der Waals surface area (Å²) in [7, 11) is 1.31. The van der Waals surface area contributed by atoms with Crippen LogP contribution in [0.2, 0.25) is 0 Å². The van der Waals surface area contributed by atoms with Crippen LogP contribution in [0.5, 0.6) is 0 Å². The van der Waals surface area contributed by atoms with Crippen molar-refractivity contribution in [2.45, 2.75) is 13.8 Å². The number of esters is 1. The Morgan fingerprint density at radius 2 is 2.00 bits per heavy atom. The molecule has 0 unspecified atom stereocenters. The largest absolute Gasteiger partial charge is 0.465 e. The van der Waals surface area contributed by atoms with Gasteiger partial charge in [0.15, 0.2) is 5.11 Å². The Morgan fingerprint density at radius 1 is 1.29 bits per heavy atom. The lowest BCUT2D eigenvalue weighted by Gasteiger charge is -2.12. The van der Waals surface area contributed by atoms with Gasteiger partial charge in [-0.3, -0.25) is 10.1 Å². The minimum atomic E-state index is -0.473. The Hall–Kier alpha value is -2.52. The van der Waals surface area contributed by atoms with Gasteiger partial charge in [0.25, 0.3) is 5.69 Å². The van der Waals surface area contributed by atoms with Crippen LogP contribution in [0.1, 0.15) is 20.8 Å². The summed E-state index contributed by atoms with van der Waals surface area (Å²) in [5.41, 5.74) is 1.68. The number of nitro benzene ring substituents is 1. The Bertz CT molecular complexity index is 817. The number of anilines is 2. The van der Waals surface area contributed by atoms with Gasteiger partial charge < -0.3 is 15.4 Å². The van der Waals surface area contributed by atoms with Gasteiger partial charge in [0.1, 0.15) is 5.00 Å². The van der Waals surface area contributed by atoms with Gasteiger partial charge in [-0.25, -0.2) is 4.79 Å².